The van der Waals surface area contributed by atoms with Crippen molar-refractivity contribution in [3.05, 3.63) is 23.1 Å². The van der Waals surface area contributed by atoms with Gasteiger partial charge >= 0.3 is 7.82 Å². The molecule has 1 aliphatic rings. The number of nitrogens with zero attached hydrogens (tertiary/aromatic N) is 7. The van der Waals surface area contributed by atoms with Crippen molar-refractivity contribution in [3.8, 4) is 0 Å². The molecule has 0 aromatic carbocycles. The number of anilines is 1. The van der Waals surface area contributed by atoms with Crippen LogP contribution in [0.15, 0.2) is 17.8 Å². The van der Waals surface area contributed by atoms with E-state index in [1.165, 1.54) is 17.2 Å². The smallest absolute Gasteiger partial charge is 0.387 e. The largest absolute Gasteiger partial charge is 0.469 e. The molecule has 2 unspecified atom stereocenters. The van der Waals surface area contributed by atoms with Crippen molar-refractivity contribution in [2.24, 2.45) is 5.11 Å². The highest BCUT2D eigenvalue weighted by molar-refractivity contribution is 7.46. The zero-order valence-corrected chi connectivity index (χ0v) is 15.8. The van der Waals surface area contributed by atoms with E-state index in [4.69, 9.17) is 20.1 Å². The fraction of sp³-hybridized carbons (Fsp3) is 0.615. The summed E-state index contributed by atoms with van der Waals surface area (Å²) in [4.78, 5) is 32.7. The van der Waals surface area contributed by atoms with Crippen molar-refractivity contribution in [2.75, 3.05) is 25.0 Å². The molecule has 1 fully saturated rings. The molecule has 3 rings (SSSR count). The van der Waals surface area contributed by atoms with Crippen LogP contribution < -0.4 is 5.32 Å². The summed E-state index contributed by atoms with van der Waals surface area (Å²) in [6.07, 6.45) is -1.92. The van der Waals surface area contributed by atoms with E-state index in [1.807, 2.05) is 0 Å². The van der Waals surface area contributed by atoms with Gasteiger partial charge in [0.1, 0.15) is 24.6 Å². The molecule has 0 aliphatic carbocycles. The summed E-state index contributed by atoms with van der Waals surface area (Å²) in [5.41, 5.74) is 8.97. The standard InChI is InChI=1S/C13H19N8O7P/c14-20-19-3-1-2-15-11-8-12(17-5-16-11)21(6-18-8)13-10(23)9(22)7(28-13)4-27-29(24,25)26/h5-7,9-10,13,22-23H,1-4H2,(H,15,16,17)(H2,24,25,26)/t7-,9?,10?,13-/m1/s1. The lowest BCUT2D eigenvalue weighted by Crippen LogP contribution is -2.33. The van der Waals surface area contributed by atoms with Crippen molar-refractivity contribution in [1.82, 2.24) is 19.5 Å². The molecule has 0 amide bonds. The number of hydrogen-bond acceptors (Lipinski definition) is 10. The van der Waals surface area contributed by atoms with Gasteiger partial charge in [0.05, 0.1) is 12.9 Å². The highest BCUT2D eigenvalue weighted by Crippen LogP contribution is 2.38. The third-order valence-electron chi connectivity index (χ3n) is 4.17. The van der Waals surface area contributed by atoms with Crippen LogP contribution in [0.5, 0.6) is 0 Å². The fourth-order valence-corrected chi connectivity index (χ4v) is 3.18. The van der Waals surface area contributed by atoms with Crippen molar-refractivity contribution in [1.29, 1.82) is 0 Å². The molecule has 0 saturated carbocycles. The molecule has 2 aromatic heterocycles. The van der Waals surface area contributed by atoms with Crippen LogP contribution >= 0.6 is 7.82 Å². The highest BCUT2D eigenvalue weighted by Gasteiger charge is 2.45. The molecule has 2 aromatic rings. The van der Waals surface area contributed by atoms with Crippen molar-refractivity contribution < 1.29 is 33.8 Å². The van der Waals surface area contributed by atoms with E-state index in [9.17, 15) is 14.8 Å². The summed E-state index contributed by atoms with van der Waals surface area (Å²) >= 11 is 0. The van der Waals surface area contributed by atoms with Crippen molar-refractivity contribution in [2.45, 2.75) is 31.0 Å². The van der Waals surface area contributed by atoms with E-state index < -0.39 is 39.0 Å². The number of aromatic nitrogens is 4. The third-order valence-corrected chi connectivity index (χ3v) is 4.65. The zero-order valence-electron chi connectivity index (χ0n) is 14.9. The number of azide groups is 1. The molecular formula is C13H19N8O7P. The molecule has 5 N–H and O–H groups in total. The van der Waals surface area contributed by atoms with E-state index in [1.54, 1.807) is 0 Å². The number of rotatable bonds is 9. The molecule has 4 atom stereocenters. The van der Waals surface area contributed by atoms with Crippen LogP contribution in [0.3, 0.4) is 0 Å². The Morgan fingerprint density at radius 3 is 2.86 bits per heavy atom. The summed E-state index contributed by atoms with van der Waals surface area (Å²) in [6.45, 7) is 0.184. The molecule has 1 saturated heterocycles. The maximum Gasteiger partial charge on any atom is 0.469 e. The van der Waals surface area contributed by atoms with Crippen LogP contribution in [0.4, 0.5) is 5.82 Å². The van der Waals surface area contributed by atoms with Gasteiger partial charge < -0.3 is 30.1 Å². The second kappa shape index (κ2) is 8.98. The number of imidazole rings is 1. The SMILES string of the molecule is [N-]=[N+]=NCCCNc1ncnc2c1ncn2[C@@H]1O[C@H](COP(=O)(O)O)C(O)C1O. The van der Waals surface area contributed by atoms with Crippen molar-refractivity contribution in [3.63, 3.8) is 0 Å². The van der Waals surface area contributed by atoms with E-state index in [0.29, 0.717) is 36.5 Å². The number of hydrogen-bond donors (Lipinski definition) is 5. The topological polar surface area (TPSA) is 221 Å². The lowest BCUT2D eigenvalue weighted by molar-refractivity contribution is -0.0504. The minimum absolute atomic E-state index is 0.311. The second-order valence-electron chi connectivity index (χ2n) is 6.11. The second-order valence-corrected chi connectivity index (χ2v) is 7.35. The molecular weight excluding hydrogens is 411 g/mol. The average molecular weight is 430 g/mol. The maximum absolute atomic E-state index is 10.9. The van der Waals surface area contributed by atoms with Gasteiger partial charge in [-0.05, 0) is 12.0 Å². The Bertz CT molecular complexity index is 944. The normalized spacial score (nSPS) is 24.6. The van der Waals surface area contributed by atoms with Gasteiger partial charge in [-0.1, -0.05) is 5.11 Å². The number of phosphoric ester groups is 1. The number of ether oxygens (including phenoxy) is 1. The summed E-state index contributed by atoms with van der Waals surface area (Å²) < 4.78 is 22.1. The number of nitrogens with one attached hydrogen (secondary N) is 1. The zero-order chi connectivity index (χ0) is 21.0. The van der Waals surface area contributed by atoms with Gasteiger partial charge in [-0.3, -0.25) is 9.09 Å². The van der Waals surface area contributed by atoms with Crippen LogP contribution in [-0.2, 0) is 13.8 Å². The predicted octanol–water partition coefficient (Wildman–Crippen LogP) is -0.333. The van der Waals surface area contributed by atoms with Gasteiger partial charge in [0.25, 0.3) is 0 Å². The lowest BCUT2D eigenvalue weighted by Gasteiger charge is -2.16. The lowest BCUT2D eigenvalue weighted by atomic mass is 10.1. The number of aliphatic hydroxyl groups is 2. The molecule has 15 nitrogen and oxygen atoms in total. The molecule has 16 heteroatoms. The first-order valence-electron chi connectivity index (χ1n) is 8.46. The van der Waals surface area contributed by atoms with Gasteiger partial charge in [0.2, 0.25) is 0 Å². The summed E-state index contributed by atoms with van der Waals surface area (Å²) in [5, 5.41) is 26.9. The molecule has 0 bridgehead atoms. The minimum atomic E-state index is -4.76. The summed E-state index contributed by atoms with van der Waals surface area (Å²) in [5.74, 6) is 0.420. The maximum atomic E-state index is 10.9. The van der Waals surface area contributed by atoms with Crippen LogP contribution in [0, 0.1) is 0 Å². The van der Waals surface area contributed by atoms with Crippen LogP contribution in [-0.4, -0.2) is 77.5 Å². The Balaban J connectivity index is 1.75. The van der Waals surface area contributed by atoms with Crippen LogP contribution in [0.1, 0.15) is 12.6 Å². The van der Waals surface area contributed by atoms with Crippen molar-refractivity contribution >= 4 is 24.8 Å². The first-order chi connectivity index (χ1) is 13.8. The van der Waals surface area contributed by atoms with Gasteiger partial charge in [-0.15, -0.1) is 0 Å². The van der Waals surface area contributed by atoms with Crippen LogP contribution in [0.25, 0.3) is 21.6 Å². The number of fused-ring (bicyclic) bond motifs is 1. The van der Waals surface area contributed by atoms with E-state index in [0.717, 1.165) is 0 Å². The molecule has 0 spiro atoms. The Kier molecular flexibility index (Phi) is 6.62. The Hall–Kier alpha value is -2.35. The number of aliphatic hydroxyl groups excluding tert-OH is 2. The highest BCUT2D eigenvalue weighted by atomic mass is 31.2. The van der Waals surface area contributed by atoms with Gasteiger partial charge in [-0.25, -0.2) is 19.5 Å². The first-order valence-corrected chi connectivity index (χ1v) is 9.99. The molecule has 3 heterocycles. The molecule has 0 radical (unpaired) electrons. The Morgan fingerprint density at radius 2 is 2.14 bits per heavy atom. The first kappa shape index (κ1) is 21.4. The molecule has 158 valence electrons. The monoisotopic (exact) mass is 430 g/mol. The average Bonchev–Trinajstić information content (AvgIpc) is 3.22. The number of phosphoric acid groups is 1. The van der Waals surface area contributed by atoms with Gasteiger partial charge in [-0.2, -0.15) is 0 Å². The van der Waals surface area contributed by atoms with Gasteiger partial charge in [0.15, 0.2) is 23.2 Å². The van der Waals surface area contributed by atoms with E-state index in [2.05, 4.69) is 34.8 Å². The quantitative estimate of drug-likeness (QED) is 0.114. The predicted molar refractivity (Wildman–Crippen MR) is 96.4 cm³/mol. The third kappa shape index (κ3) is 4.98. The summed E-state index contributed by atoms with van der Waals surface area (Å²) in [7, 11) is -4.76. The molecule has 29 heavy (non-hydrogen) atoms. The minimum Gasteiger partial charge on any atom is -0.387 e. The van der Waals surface area contributed by atoms with Crippen LogP contribution in [0.2, 0.25) is 0 Å². The van der Waals surface area contributed by atoms with Gasteiger partial charge in [0, 0.05) is 18.0 Å². The molecule has 1 aliphatic heterocycles. The Morgan fingerprint density at radius 1 is 1.34 bits per heavy atom. The Labute approximate surface area is 163 Å². The fourth-order valence-electron chi connectivity index (χ4n) is 2.84. The summed E-state index contributed by atoms with van der Waals surface area (Å²) in [6, 6.07) is 0. The van der Waals surface area contributed by atoms with E-state index >= 15 is 0 Å². The van der Waals surface area contributed by atoms with E-state index in [-0.39, 0.29) is 0 Å².